The number of halogens is 2. The van der Waals surface area contributed by atoms with Crippen molar-refractivity contribution in [1.29, 1.82) is 0 Å². The average molecular weight is 300 g/mol. The molecule has 0 saturated heterocycles. The molecule has 0 aliphatic rings. The van der Waals surface area contributed by atoms with Crippen LogP contribution >= 0.6 is 11.6 Å². The lowest BCUT2D eigenvalue weighted by Gasteiger charge is -2.19. The van der Waals surface area contributed by atoms with Crippen molar-refractivity contribution < 1.29 is 4.39 Å². The normalized spacial score (nSPS) is 12.6. The van der Waals surface area contributed by atoms with Gasteiger partial charge in [0.1, 0.15) is 5.82 Å². The number of hydrogen-bond acceptors (Lipinski definition) is 1. The van der Waals surface area contributed by atoms with Gasteiger partial charge in [0.2, 0.25) is 0 Å². The molecular weight excluding hydrogens is 273 g/mol. The summed E-state index contributed by atoms with van der Waals surface area (Å²) in [4.78, 5) is 0. The number of hydrogen-bond donors (Lipinski definition) is 1. The molecule has 20 heavy (non-hydrogen) atoms. The first-order valence-electron chi connectivity index (χ1n) is 7.84. The fourth-order valence-electron chi connectivity index (χ4n) is 2.39. The average Bonchev–Trinajstić information content (AvgIpc) is 2.44. The Morgan fingerprint density at radius 2 is 1.95 bits per heavy atom. The highest BCUT2D eigenvalue weighted by Gasteiger charge is 2.10. The molecule has 0 saturated carbocycles. The van der Waals surface area contributed by atoms with Gasteiger partial charge < -0.3 is 5.32 Å². The maximum atomic E-state index is 13.2. The standard InChI is InChI=1S/C17H27ClFN/c1-3-5-6-7-8-15(20-11-4-2)12-14-9-10-17(19)16(18)13-14/h9-10,13,15,20H,3-8,11-12H2,1-2H3. The van der Waals surface area contributed by atoms with Crippen LogP contribution in [0.1, 0.15) is 57.9 Å². The van der Waals surface area contributed by atoms with E-state index in [1.54, 1.807) is 6.07 Å². The highest BCUT2D eigenvalue weighted by atomic mass is 35.5. The first-order valence-corrected chi connectivity index (χ1v) is 8.22. The van der Waals surface area contributed by atoms with Gasteiger partial charge in [-0.05, 0) is 43.5 Å². The largest absolute Gasteiger partial charge is 0.314 e. The Hall–Kier alpha value is -0.600. The Bertz CT molecular complexity index is 381. The maximum absolute atomic E-state index is 13.2. The molecule has 1 unspecified atom stereocenters. The number of nitrogens with one attached hydrogen (secondary N) is 1. The molecule has 1 aromatic rings. The summed E-state index contributed by atoms with van der Waals surface area (Å²) in [5, 5.41) is 3.82. The highest BCUT2D eigenvalue weighted by molar-refractivity contribution is 6.30. The van der Waals surface area contributed by atoms with Crippen LogP contribution in [0.25, 0.3) is 0 Å². The SMILES string of the molecule is CCCCCCC(Cc1ccc(F)c(Cl)c1)NCCC. The Kier molecular flexibility index (Phi) is 8.88. The van der Waals surface area contributed by atoms with E-state index in [9.17, 15) is 4.39 Å². The molecule has 0 fully saturated rings. The molecule has 0 aromatic heterocycles. The molecule has 0 spiro atoms. The van der Waals surface area contributed by atoms with Crippen LogP contribution in [0.3, 0.4) is 0 Å². The van der Waals surface area contributed by atoms with E-state index in [1.165, 1.54) is 38.2 Å². The van der Waals surface area contributed by atoms with Gasteiger partial charge in [-0.3, -0.25) is 0 Å². The van der Waals surface area contributed by atoms with E-state index < -0.39 is 0 Å². The van der Waals surface area contributed by atoms with Crippen LogP contribution in [0.4, 0.5) is 4.39 Å². The summed E-state index contributed by atoms with van der Waals surface area (Å²) in [7, 11) is 0. The Balaban J connectivity index is 2.51. The van der Waals surface area contributed by atoms with Crippen molar-refractivity contribution in [2.24, 2.45) is 0 Å². The first-order chi connectivity index (χ1) is 9.67. The number of benzene rings is 1. The van der Waals surface area contributed by atoms with E-state index in [4.69, 9.17) is 11.6 Å². The van der Waals surface area contributed by atoms with Crippen molar-refractivity contribution >= 4 is 11.6 Å². The van der Waals surface area contributed by atoms with Crippen LogP contribution in [0, 0.1) is 5.82 Å². The van der Waals surface area contributed by atoms with Crippen molar-refractivity contribution in [1.82, 2.24) is 5.32 Å². The summed E-state index contributed by atoms with van der Waals surface area (Å²) in [5.41, 5.74) is 1.11. The van der Waals surface area contributed by atoms with E-state index in [0.717, 1.165) is 24.9 Å². The molecule has 1 N–H and O–H groups in total. The van der Waals surface area contributed by atoms with Gasteiger partial charge in [0.05, 0.1) is 5.02 Å². The maximum Gasteiger partial charge on any atom is 0.141 e. The molecular formula is C17H27ClFN. The van der Waals surface area contributed by atoms with E-state index in [2.05, 4.69) is 19.2 Å². The third-order valence-corrected chi connectivity index (χ3v) is 3.84. The Labute approximate surface area is 127 Å². The summed E-state index contributed by atoms with van der Waals surface area (Å²) >= 11 is 5.85. The lowest BCUT2D eigenvalue weighted by atomic mass is 10.00. The molecule has 1 nitrogen and oxygen atoms in total. The predicted molar refractivity (Wildman–Crippen MR) is 86.0 cm³/mol. The fraction of sp³-hybridized carbons (Fsp3) is 0.647. The second-order valence-corrected chi connectivity index (χ2v) is 5.86. The van der Waals surface area contributed by atoms with E-state index >= 15 is 0 Å². The van der Waals surface area contributed by atoms with Crippen molar-refractivity contribution in [3.63, 3.8) is 0 Å². The summed E-state index contributed by atoms with van der Waals surface area (Å²) < 4.78 is 13.2. The summed E-state index contributed by atoms with van der Waals surface area (Å²) in [6.45, 7) is 5.44. The van der Waals surface area contributed by atoms with Gasteiger partial charge in [0, 0.05) is 6.04 Å². The second kappa shape index (κ2) is 10.2. The zero-order valence-corrected chi connectivity index (χ0v) is 13.5. The van der Waals surface area contributed by atoms with E-state index in [0.29, 0.717) is 6.04 Å². The van der Waals surface area contributed by atoms with Crippen molar-refractivity contribution in [2.45, 2.75) is 64.8 Å². The van der Waals surface area contributed by atoms with Gasteiger partial charge in [-0.25, -0.2) is 4.39 Å². The van der Waals surface area contributed by atoms with Crippen molar-refractivity contribution in [3.05, 3.63) is 34.6 Å². The monoisotopic (exact) mass is 299 g/mol. The second-order valence-electron chi connectivity index (χ2n) is 5.45. The molecule has 1 aromatic carbocycles. The molecule has 0 aliphatic carbocycles. The van der Waals surface area contributed by atoms with Crippen LogP contribution in [-0.4, -0.2) is 12.6 Å². The summed E-state index contributed by atoms with van der Waals surface area (Å²) in [6.07, 6.45) is 8.36. The van der Waals surface area contributed by atoms with Crippen LogP contribution in [0.15, 0.2) is 18.2 Å². The third-order valence-electron chi connectivity index (χ3n) is 3.56. The molecule has 0 aliphatic heterocycles. The van der Waals surface area contributed by atoms with E-state index in [-0.39, 0.29) is 10.8 Å². The molecule has 0 heterocycles. The smallest absolute Gasteiger partial charge is 0.141 e. The fourth-order valence-corrected chi connectivity index (χ4v) is 2.60. The van der Waals surface area contributed by atoms with Gasteiger partial charge in [-0.15, -0.1) is 0 Å². The highest BCUT2D eigenvalue weighted by Crippen LogP contribution is 2.18. The number of unbranched alkanes of at least 4 members (excludes halogenated alkanes) is 3. The molecule has 0 amide bonds. The zero-order chi connectivity index (χ0) is 14.8. The summed E-state index contributed by atoms with van der Waals surface area (Å²) in [6, 6.07) is 5.52. The minimum atomic E-state index is -0.337. The minimum Gasteiger partial charge on any atom is -0.314 e. The van der Waals surface area contributed by atoms with Crippen LogP contribution in [0.2, 0.25) is 5.02 Å². The Morgan fingerprint density at radius 1 is 1.15 bits per heavy atom. The van der Waals surface area contributed by atoms with Crippen LogP contribution in [-0.2, 0) is 6.42 Å². The lowest BCUT2D eigenvalue weighted by molar-refractivity contribution is 0.453. The van der Waals surface area contributed by atoms with Crippen molar-refractivity contribution in [2.75, 3.05) is 6.54 Å². The molecule has 0 bridgehead atoms. The predicted octanol–water partition coefficient (Wildman–Crippen LogP) is 5.36. The topological polar surface area (TPSA) is 12.0 Å². The third kappa shape index (κ3) is 6.71. The molecule has 114 valence electrons. The van der Waals surface area contributed by atoms with Crippen molar-refractivity contribution in [3.8, 4) is 0 Å². The summed E-state index contributed by atoms with van der Waals surface area (Å²) in [5.74, 6) is -0.337. The van der Waals surface area contributed by atoms with Crippen LogP contribution in [0.5, 0.6) is 0 Å². The first kappa shape index (κ1) is 17.5. The molecule has 1 atom stereocenters. The van der Waals surface area contributed by atoms with Gasteiger partial charge >= 0.3 is 0 Å². The zero-order valence-electron chi connectivity index (χ0n) is 12.7. The Morgan fingerprint density at radius 3 is 2.60 bits per heavy atom. The molecule has 3 heteroatoms. The lowest BCUT2D eigenvalue weighted by Crippen LogP contribution is -2.31. The molecule has 0 radical (unpaired) electrons. The molecule has 1 rings (SSSR count). The quantitative estimate of drug-likeness (QED) is 0.573. The number of rotatable bonds is 10. The van der Waals surface area contributed by atoms with Crippen LogP contribution < -0.4 is 5.32 Å². The minimum absolute atomic E-state index is 0.225. The van der Waals surface area contributed by atoms with E-state index in [1.807, 2.05) is 6.07 Å². The van der Waals surface area contributed by atoms with Gasteiger partial charge in [0.25, 0.3) is 0 Å². The van der Waals surface area contributed by atoms with Gasteiger partial charge in [-0.1, -0.05) is 57.2 Å². The van der Waals surface area contributed by atoms with Gasteiger partial charge in [-0.2, -0.15) is 0 Å². The van der Waals surface area contributed by atoms with Gasteiger partial charge in [0.15, 0.2) is 0 Å².